The van der Waals surface area contributed by atoms with Crippen molar-refractivity contribution in [2.45, 2.75) is 20.4 Å². The molecule has 96 valence electrons. The van der Waals surface area contributed by atoms with Gasteiger partial charge in [-0.25, -0.2) is 0 Å². The van der Waals surface area contributed by atoms with Crippen LogP contribution in [0.2, 0.25) is 10.0 Å². The fraction of sp³-hybridized carbons (Fsp3) is 0.308. The molecule has 0 bridgehead atoms. The molecule has 0 saturated heterocycles. The van der Waals surface area contributed by atoms with E-state index in [0.717, 1.165) is 22.6 Å². The summed E-state index contributed by atoms with van der Waals surface area (Å²) in [5, 5.41) is 9.04. The zero-order chi connectivity index (χ0) is 13.3. The summed E-state index contributed by atoms with van der Waals surface area (Å²) in [6.07, 6.45) is 0. The summed E-state index contributed by atoms with van der Waals surface area (Å²) in [6.45, 7) is 4.70. The van der Waals surface area contributed by atoms with Gasteiger partial charge in [-0.05, 0) is 37.6 Å². The lowest BCUT2D eigenvalue weighted by Crippen LogP contribution is -2.02. The summed E-state index contributed by atoms with van der Waals surface area (Å²) in [7, 11) is 1.93. The minimum Gasteiger partial charge on any atom is -0.378 e. The Morgan fingerprint density at radius 2 is 1.78 bits per heavy atom. The Morgan fingerprint density at radius 3 is 2.28 bits per heavy atom. The molecule has 0 radical (unpaired) electrons. The molecule has 0 spiro atoms. The number of benzene rings is 1. The molecule has 0 saturated carbocycles. The molecule has 0 fully saturated rings. The van der Waals surface area contributed by atoms with Gasteiger partial charge in [-0.2, -0.15) is 5.10 Å². The van der Waals surface area contributed by atoms with Crippen molar-refractivity contribution in [2.75, 3.05) is 5.32 Å². The molecule has 0 atom stereocenters. The monoisotopic (exact) mass is 283 g/mol. The fourth-order valence-electron chi connectivity index (χ4n) is 1.93. The van der Waals surface area contributed by atoms with E-state index in [2.05, 4.69) is 10.4 Å². The van der Waals surface area contributed by atoms with Crippen molar-refractivity contribution in [1.29, 1.82) is 0 Å². The Balaban J connectivity index is 2.16. The number of rotatable bonds is 3. The number of nitrogens with zero attached hydrogens (tertiary/aromatic N) is 2. The lowest BCUT2D eigenvalue weighted by Gasteiger charge is -2.08. The highest BCUT2D eigenvalue weighted by molar-refractivity contribution is 6.34. The van der Waals surface area contributed by atoms with Gasteiger partial charge >= 0.3 is 0 Å². The Kier molecular flexibility index (Phi) is 3.83. The van der Waals surface area contributed by atoms with Crippen molar-refractivity contribution in [2.24, 2.45) is 7.05 Å². The first-order valence-corrected chi connectivity index (χ1v) is 6.42. The molecular weight excluding hydrogens is 269 g/mol. The Bertz CT molecular complexity index is 556. The van der Waals surface area contributed by atoms with Gasteiger partial charge in [-0.15, -0.1) is 0 Å². The summed E-state index contributed by atoms with van der Waals surface area (Å²) < 4.78 is 1.86. The molecule has 0 aliphatic carbocycles. The van der Waals surface area contributed by atoms with Gasteiger partial charge in [0.05, 0.1) is 17.1 Å². The minimum atomic E-state index is 0.652. The second-order valence-electron chi connectivity index (χ2n) is 4.30. The van der Waals surface area contributed by atoms with Crippen LogP contribution in [0.5, 0.6) is 0 Å². The Hall–Kier alpha value is -1.19. The first-order chi connectivity index (χ1) is 8.47. The summed E-state index contributed by atoms with van der Waals surface area (Å²) in [6, 6.07) is 5.54. The van der Waals surface area contributed by atoms with Crippen LogP contribution in [0.15, 0.2) is 18.2 Å². The molecule has 1 N–H and O–H groups in total. The summed E-state index contributed by atoms with van der Waals surface area (Å²) >= 11 is 11.9. The third kappa shape index (κ3) is 2.79. The number of halogens is 2. The van der Waals surface area contributed by atoms with E-state index in [1.165, 1.54) is 0 Å². The van der Waals surface area contributed by atoms with Crippen LogP contribution in [-0.2, 0) is 13.6 Å². The summed E-state index contributed by atoms with van der Waals surface area (Å²) in [5.74, 6) is 0. The van der Waals surface area contributed by atoms with Crippen LogP contribution in [-0.4, -0.2) is 9.78 Å². The molecule has 5 heteroatoms. The van der Waals surface area contributed by atoms with Crippen LogP contribution < -0.4 is 5.32 Å². The molecule has 18 heavy (non-hydrogen) atoms. The molecule has 0 unspecified atom stereocenters. The predicted molar refractivity (Wildman–Crippen MR) is 76.5 cm³/mol. The molecule has 1 aromatic heterocycles. The van der Waals surface area contributed by atoms with Crippen molar-refractivity contribution in [3.63, 3.8) is 0 Å². The first kappa shape index (κ1) is 13.2. The number of aryl methyl sites for hydroxylation is 2. The molecule has 0 aliphatic heterocycles. The molecule has 0 amide bonds. The maximum Gasteiger partial charge on any atom is 0.0827 e. The van der Waals surface area contributed by atoms with E-state index in [9.17, 15) is 0 Å². The zero-order valence-electron chi connectivity index (χ0n) is 10.6. The van der Waals surface area contributed by atoms with E-state index < -0.39 is 0 Å². The second-order valence-corrected chi connectivity index (χ2v) is 5.17. The quantitative estimate of drug-likeness (QED) is 0.924. The van der Waals surface area contributed by atoms with Crippen LogP contribution in [0.25, 0.3) is 0 Å². The van der Waals surface area contributed by atoms with E-state index in [4.69, 9.17) is 23.2 Å². The van der Waals surface area contributed by atoms with Crippen LogP contribution in [0, 0.1) is 13.8 Å². The SMILES string of the molecule is Cc1nn(C)c(C)c1NCc1cc(Cl)cc(Cl)c1. The highest BCUT2D eigenvalue weighted by atomic mass is 35.5. The molecule has 1 aromatic carbocycles. The number of anilines is 1. The highest BCUT2D eigenvalue weighted by Crippen LogP contribution is 2.22. The van der Waals surface area contributed by atoms with Gasteiger partial charge in [0.15, 0.2) is 0 Å². The number of aromatic nitrogens is 2. The zero-order valence-corrected chi connectivity index (χ0v) is 12.1. The van der Waals surface area contributed by atoms with Crippen LogP contribution in [0.4, 0.5) is 5.69 Å². The topological polar surface area (TPSA) is 29.9 Å². The number of nitrogens with one attached hydrogen (secondary N) is 1. The van der Waals surface area contributed by atoms with Crippen molar-refractivity contribution in [3.8, 4) is 0 Å². The standard InChI is InChI=1S/C13H15Cl2N3/c1-8-13(9(2)18(3)17-8)16-7-10-4-11(14)6-12(15)5-10/h4-6,16H,7H2,1-3H3. The molecule has 2 aromatic rings. The molecular formula is C13H15Cl2N3. The fourth-order valence-corrected chi connectivity index (χ4v) is 2.50. The van der Waals surface area contributed by atoms with E-state index in [1.807, 2.05) is 37.7 Å². The Morgan fingerprint density at radius 1 is 1.17 bits per heavy atom. The normalized spacial score (nSPS) is 10.7. The maximum atomic E-state index is 5.97. The summed E-state index contributed by atoms with van der Waals surface area (Å²) in [5.41, 5.74) is 4.22. The molecule has 1 heterocycles. The maximum absolute atomic E-state index is 5.97. The highest BCUT2D eigenvalue weighted by Gasteiger charge is 2.08. The molecule has 2 rings (SSSR count). The largest absolute Gasteiger partial charge is 0.378 e. The van der Waals surface area contributed by atoms with E-state index in [1.54, 1.807) is 6.07 Å². The van der Waals surface area contributed by atoms with Gasteiger partial charge < -0.3 is 5.32 Å². The van der Waals surface area contributed by atoms with Gasteiger partial charge in [-0.3, -0.25) is 4.68 Å². The minimum absolute atomic E-state index is 0.652. The lowest BCUT2D eigenvalue weighted by atomic mass is 10.2. The third-order valence-electron chi connectivity index (χ3n) is 2.90. The van der Waals surface area contributed by atoms with Crippen LogP contribution in [0.3, 0.4) is 0 Å². The van der Waals surface area contributed by atoms with Gasteiger partial charge in [-0.1, -0.05) is 23.2 Å². The van der Waals surface area contributed by atoms with E-state index in [0.29, 0.717) is 16.6 Å². The van der Waals surface area contributed by atoms with Gasteiger partial charge in [0, 0.05) is 23.6 Å². The van der Waals surface area contributed by atoms with Crippen LogP contribution in [0.1, 0.15) is 17.0 Å². The van der Waals surface area contributed by atoms with Crippen molar-refractivity contribution >= 4 is 28.9 Å². The average Bonchev–Trinajstić information content (AvgIpc) is 2.50. The molecule has 0 aliphatic rings. The van der Waals surface area contributed by atoms with E-state index in [-0.39, 0.29) is 0 Å². The smallest absolute Gasteiger partial charge is 0.0827 e. The number of hydrogen-bond acceptors (Lipinski definition) is 2. The van der Waals surface area contributed by atoms with Gasteiger partial charge in [0.25, 0.3) is 0 Å². The van der Waals surface area contributed by atoms with Crippen molar-refractivity contribution in [3.05, 3.63) is 45.2 Å². The second kappa shape index (κ2) is 5.21. The number of hydrogen-bond donors (Lipinski definition) is 1. The predicted octanol–water partition coefficient (Wildman–Crippen LogP) is 3.96. The van der Waals surface area contributed by atoms with Crippen molar-refractivity contribution < 1.29 is 0 Å². The summed E-state index contributed by atoms with van der Waals surface area (Å²) in [4.78, 5) is 0. The first-order valence-electron chi connectivity index (χ1n) is 5.66. The van der Waals surface area contributed by atoms with Gasteiger partial charge in [0.1, 0.15) is 0 Å². The van der Waals surface area contributed by atoms with Gasteiger partial charge in [0.2, 0.25) is 0 Å². The average molecular weight is 284 g/mol. The lowest BCUT2D eigenvalue weighted by molar-refractivity contribution is 0.731. The van der Waals surface area contributed by atoms with Crippen LogP contribution >= 0.6 is 23.2 Å². The molecule has 3 nitrogen and oxygen atoms in total. The van der Waals surface area contributed by atoms with E-state index >= 15 is 0 Å². The Labute approximate surface area is 117 Å². The third-order valence-corrected chi connectivity index (χ3v) is 3.34. The van der Waals surface area contributed by atoms with Crippen molar-refractivity contribution in [1.82, 2.24) is 9.78 Å².